The standard InChI is InChI=1S/C17H34N2O/c1-3-6-15-9-12-19(13-15)11-5-10-17(4-2,14-20)18-16-7-8-16/h15-16,18,20H,3-14H2,1-2H3. The van der Waals surface area contributed by atoms with Crippen molar-refractivity contribution in [3.8, 4) is 0 Å². The Labute approximate surface area is 125 Å². The fourth-order valence-corrected chi connectivity index (χ4v) is 3.65. The van der Waals surface area contributed by atoms with Crippen LogP contribution in [0.4, 0.5) is 0 Å². The molecule has 1 aliphatic carbocycles. The summed E-state index contributed by atoms with van der Waals surface area (Å²) in [5.41, 5.74) is -0.0102. The van der Waals surface area contributed by atoms with Crippen LogP contribution in [0, 0.1) is 5.92 Å². The first-order valence-corrected chi connectivity index (χ1v) is 8.82. The molecule has 0 aromatic heterocycles. The molecule has 0 radical (unpaired) electrons. The van der Waals surface area contributed by atoms with Gasteiger partial charge >= 0.3 is 0 Å². The smallest absolute Gasteiger partial charge is 0.0613 e. The Kier molecular flexibility index (Phi) is 6.31. The summed E-state index contributed by atoms with van der Waals surface area (Å²) in [6.07, 6.45) is 10.1. The van der Waals surface area contributed by atoms with Gasteiger partial charge in [0.05, 0.1) is 6.61 Å². The molecule has 1 aliphatic heterocycles. The first-order valence-electron chi connectivity index (χ1n) is 8.82. The maximum atomic E-state index is 9.78. The monoisotopic (exact) mass is 282 g/mol. The number of hydrogen-bond acceptors (Lipinski definition) is 3. The summed E-state index contributed by atoms with van der Waals surface area (Å²) in [6.45, 7) is 8.61. The predicted octanol–water partition coefficient (Wildman–Crippen LogP) is 2.78. The van der Waals surface area contributed by atoms with Crippen LogP contribution >= 0.6 is 0 Å². The molecule has 118 valence electrons. The summed E-state index contributed by atoms with van der Waals surface area (Å²) >= 11 is 0. The zero-order valence-corrected chi connectivity index (χ0v) is 13.5. The van der Waals surface area contributed by atoms with Crippen molar-refractivity contribution in [2.45, 2.75) is 76.8 Å². The third-order valence-corrected chi connectivity index (χ3v) is 5.26. The molecule has 0 bridgehead atoms. The van der Waals surface area contributed by atoms with Crippen molar-refractivity contribution >= 4 is 0 Å². The molecule has 2 atom stereocenters. The van der Waals surface area contributed by atoms with E-state index in [1.807, 2.05) is 0 Å². The molecule has 2 unspecified atom stereocenters. The van der Waals surface area contributed by atoms with Gasteiger partial charge in [-0.3, -0.25) is 0 Å². The van der Waals surface area contributed by atoms with E-state index in [-0.39, 0.29) is 5.54 Å². The Morgan fingerprint density at radius 3 is 2.65 bits per heavy atom. The molecule has 2 rings (SSSR count). The quantitative estimate of drug-likeness (QED) is 0.647. The topological polar surface area (TPSA) is 35.5 Å². The fourth-order valence-electron chi connectivity index (χ4n) is 3.65. The van der Waals surface area contributed by atoms with E-state index < -0.39 is 0 Å². The van der Waals surface area contributed by atoms with Gasteiger partial charge in [0.15, 0.2) is 0 Å². The molecule has 0 spiro atoms. The lowest BCUT2D eigenvalue weighted by Crippen LogP contribution is -2.49. The van der Waals surface area contributed by atoms with Gasteiger partial charge in [0, 0.05) is 18.1 Å². The number of nitrogens with zero attached hydrogens (tertiary/aromatic N) is 1. The van der Waals surface area contributed by atoms with E-state index in [0.29, 0.717) is 12.6 Å². The van der Waals surface area contributed by atoms with Crippen molar-refractivity contribution in [1.29, 1.82) is 0 Å². The van der Waals surface area contributed by atoms with E-state index in [1.54, 1.807) is 0 Å². The molecule has 0 aromatic carbocycles. The molecule has 1 saturated carbocycles. The van der Waals surface area contributed by atoms with Gasteiger partial charge in [0.1, 0.15) is 0 Å². The second-order valence-electron chi connectivity index (χ2n) is 7.06. The highest BCUT2D eigenvalue weighted by Crippen LogP contribution is 2.27. The zero-order chi connectivity index (χ0) is 14.4. The molecule has 20 heavy (non-hydrogen) atoms. The average molecular weight is 282 g/mol. The number of hydrogen-bond donors (Lipinski definition) is 2. The van der Waals surface area contributed by atoms with E-state index >= 15 is 0 Å². The highest BCUT2D eigenvalue weighted by Gasteiger charge is 2.34. The average Bonchev–Trinajstić information content (AvgIpc) is 3.16. The van der Waals surface area contributed by atoms with E-state index in [4.69, 9.17) is 0 Å². The van der Waals surface area contributed by atoms with E-state index in [0.717, 1.165) is 18.8 Å². The Morgan fingerprint density at radius 1 is 1.25 bits per heavy atom. The molecule has 3 heteroatoms. The molecule has 2 fully saturated rings. The van der Waals surface area contributed by atoms with Gasteiger partial charge in [0.2, 0.25) is 0 Å². The molecule has 2 N–H and O–H groups in total. The summed E-state index contributed by atoms with van der Waals surface area (Å²) in [6, 6.07) is 0.683. The summed E-state index contributed by atoms with van der Waals surface area (Å²) in [7, 11) is 0. The minimum Gasteiger partial charge on any atom is -0.394 e. The van der Waals surface area contributed by atoms with Crippen LogP contribution in [0.15, 0.2) is 0 Å². The highest BCUT2D eigenvalue weighted by atomic mass is 16.3. The van der Waals surface area contributed by atoms with Crippen molar-refractivity contribution in [1.82, 2.24) is 10.2 Å². The van der Waals surface area contributed by atoms with Crippen LogP contribution in [0.25, 0.3) is 0 Å². The van der Waals surface area contributed by atoms with E-state index in [1.165, 1.54) is 58.2 Å². The van der Waals surface area contributed by atoms with Crippen molar-refractivity contribution < 1.29 is 5.11 Å². The Hall–Kier alpha value is -0.120. The van der Waals surface area contributed by atoms with Crippen LogP contribution in [-0.2, 0) is 0 Å². The maximum absolute atomic E-state index is 9.78. The van der Waals surface area contributed by atoms with Gasteiger partial charge in [-0.2, -0.15) is 0 Å². The first kappa shape index (κ1) is 16.3. The minimum absolute atomic E-state index is 0.0102. The molecule has 0 aromatic rings. The van der Waals surface area contributed by atoms with Crippen molar-refractivity contribution in [2.75, 3.05) is 26.2 Å². The normalized spacial score (nSPS) is 26.9. The Balaban J connectivity index is 1.67. The van der Waals surface area contributed by atoms with Crippen LogP contribution in [0.5, 0.6) is 0 Å². The van der Waals surface area contributed by atoms with Crippen molar-refractivity contribution in [2.24, 2.45) is 5.92 Å². The van der Waals surface area contributed by atoms with Crippen LogP contribution in [0.2, 0.25) is 0 Å². The number of likely N-dealkylation sites (tertiary alicyclic amines) is 1. The molecule has 0 amide bonds. The summed E-state index contributed by atoms with van der Waals surface area (Å²) in [4.78, 5) is 2.63. The second kappa shape index (κ2) is 7.77. The minimum atomic E-state index is -0.0102. The Bertz CT molecular complexity index is 274. The van der Waals surface area contributed by atoms with Gasteiger partial charge < -0.3 is 15.3 Å². The van der Waals surface area contributed by atoms with Crippen LogP contribution < -0.4 is 5.32 Å². The third-order valence-electron chi connectivity index (χ3n) is 5.26. The highest BCUT2D eigenvalue weighted by molar-refractivity contribution is 4.94. The zero-order valence-electron chi connectivity index (χ0n) is 13.5. The lowest BCUT2D eigenvalue weighted by Gasteiger charge is -2.33. The number of aliphatic hydroxyl groups is 1. The molecular formula is C17H34N2O. The van der Waals surface area contributed by atoms with Gasteiger partial charge in [-0.25, -0.2) is 0 Å². The van der Waals surface area contributed by atoms with Gasteiger partial charge in [0.25, 0.3) is 0 Å². The van der Waals surface area contributed by atoms with Gasteiger partial charge in [-0.05, 0) is 64.0 Å². The number of nitrogens with one attached hydrogen (secondary N) is 1. The van der Waals surface area contributed by atoms with E-state index in [2.05, 4.69) is 24.1 Å². The van der Waals surface area contributed by atoms with Crippen molar-refractivity contribution in [3.05, 3.63) is 0 Å². The molecule has 1 heterocycles. The molecule has 3 nitrogen and oxygen atoms in total. The molecule has 2 aliphatic rings. The lowest BCUT2D eigenvalue weighted by molar-refractivity contribution is 0.138. The van der Waals surface area contributed by atoms with Crippen molar-refractivity contribution in [3.63, 3.8) is 0 Å². The summed E-state index contributed by atoms with van der Waals surface area (Å²) < 4.78 is 0. The molecular weight excluding hydrogens is 248 g/mol. The Morgan fingerprint density at radius 2 is 2.05 bits per heavy atom. The second-order valence-corrected chi connectivity index (χ2v) is 7.06. The lowest BCUT2D eigenvalue weighted by atomic mass is 9.91. The SMILES string of the molecule is CCCC1CCN(CCCC(CC)(CO)NC2CC2)C1. The van der Waals surface area contributed by atoms with Gasteiger partial charge in [-0.15, -0.1) is 0 Å². The van der Waals surface area contributed by atoms with Crippen LogP contribution in [-0.4, -0.2) is 47.8 Å². The van der Waals surface area contributed by atoms with Crippen LogP contribution in [0.3, 0.4) is 0 Å². The summed E-state index contributed by atoms with van der Waals surface area (Å²) in [5, 5.41) is 13.5. The largest absolute Gasteiger partial charge is 0.394 e. The van der Waals surface area contributed by atoms with E-state index in [9.17, 15) is 5.11 Å². The summed E-state index contributed by atoms with van der Waals surface area (Å²) in [5.74, 6) is 0.943. The maximum Gasteiger partial charge on any atom is 0.0613 e. The van der Waals surface area contributed by atoms with Crippen LogP contribution in [0.1, 0.15) is 65.2 Å². The molecule has 1 saturated heterocycles. The number of aliphatic hydroxyl groups excluding tert-OH is 1. The number of rotatable bonds is 10. The first-order chi connectivity index (χ1) is 9.71. The van der Waals surface area contributed by atoms with Gasteiger partial charge in [-0.1, -0.05) is 20.3 Å². The third kappa shape index (κ3) is 4.71. The predicted molar refractivity (Wildman–Crippen MR) is 85.0 cm³/mol. The fraction of sp³-hybridized carbons (Fsp3) is 1.00.